The van der Waals surface area contributed by atoms with E-state index in [0.717, 1.165) is 12.2 Å². The molecule has 0 aliphatic rings. The number of nitrogens with one attached hydrogen (secondary N) is 1. The van der Waals surface area contributed by atoms with Crippen molar-refractivity contribution in [2.75, 3.05) is 18.1 Å². The van der Waals surface area contributed by atoms with Gasteiger partial charge in [0, 0.05) is 17.8 Å². The normalized spacial score (nSPS) is 11.9. The molecule has 0 aromatic carbocycles. The topological polar surface area (TPSA) is 46.9 Å². The highest BCUT2D eigenvalue weighted by molar-refractivity contribution is 9.10. The molecule has 1 N–H and O–H groups in total. The molecule has 0 bridgehead atoms. The smallest absolute Gasteiger partial charge is 0.283 e. The quantitative estimate of drug-likeness (QED) is 0.858. The van der Waals surface area contributed by atoms with Crippen molar-refractivity contribution in [1.29, 1.82) is 0 Å². The Hall–Kier alpha value is -0.490. The Bertz CT molecular complexity index is 485. The molecule has 0 amide bonds. The maximum absolute atomic E-state index is 12.1. The molecule has 0 atom stereocenters. The Labute approximate surface area is 127 Å². The predicted octanol–water partition coefficient (Wildman–Crippen LogP) is 3.22. The molecule has 1 rings (SSSR count). The van der Waals surface area contributed by atoms with Gasteiger partial charge in [-0.15, -0.1) is 0 Å². The van der Waals surface area contributed by atoms with E-state index in [1.54, 1.807) is 18.0 Å². The maximum Gasteiger partial charge on any atom is 0.283 e. The maximum atomic E-state index is 12.1. The highest BCUT2D eigenvalue weighted by atomic mass is 79.9. The van der Waals surface area contributed by atoms with Crippen LogP contribution >= 0.6 is 27.7 Å². The number of hydrogen-bond acceptors (Lipinski definition) is 4. The molecule has 0 saturated carbocycles. The molecule has 0 aliphatic heterocycles. The van der Waals surface area contributed by atoms with Crippen molar-refractivity contribution in [1.82, 2.24) is 9.78 Å². The molecule has 1 aromatic rings. The molecule has 0 fully saturated rings. The van der Waals surface area contributed by atoms with Gasteiger partial charge in [0.1, 0.15) is 4.47 Å². The van der Waals surface area contributed by atoms with E-state index in [2.05, 4.69) is 60.3 Å². The lowest BCUT2D eigenvalue weighted by Crippen LogP contribution is -2.29. The summed E-state index contributed by atoms with van der Waals surface area (Å²) in [6.07, 6.45) is 3.79. The van der Waals surface area contributed by atoms with Crippen molar-refractivity contribution in [3.8, 4) is 0 Å². The molecule has 1 heterocycles. The van der Waals surface area contributed by atoms with Crippen LogP contribution in [0.1, 0.15) is 27.7 Å². The lowest BCUT2D eigenvalue weighted by atomic mass is 10.2. The first-order chi connectivity index (χ1) is 8.76. The second-order valence-corrected chi connectivity index (χ2v) is 7.88. The van der Waals surface area contributed by atoms with Crippen LogP contribution in [0.25, 0.3) is 0 Å². The van der Waals surface area contributed by atoms with Crippen molar-refractivity contribution >= 4 is 33.4 Å². The van der Waals surface area contributed by atoms with Gasteiger partial charge >= 0.3 is 0 Å². The molecule has 0 unspecified atom stereocenters. The fourth-order valence-electron chi connectivity index (χ4n) is 1.44. The predicted molar refractivity (Wildman–Crippen MR) is 87.1 cm³/mol. The highest BCUT2D eigenvalue weighted by Gasteiger charge is 2.17. The molecule has 1 aromatic heterocycles. The summed E-state index contributed by atoms with van der Waals surface area (Å²) in [7, 11) is 0. The minimum atomic E-state index is -0.0827. The van der Waals surface area contributed by atoms with E-state index in [0.29, 0.717) is 16.9 Å². The van der Waals surface area contributed by atoms with E-state index < -0.39 is 0 Å². The van der Waals surface area contributed by atoms with E-state index in [9.17, 15) is 4.79 Å². The molecule has 0 aliphatic carbocycles. The second-order valence-electron chi connectivity index (χ2n) is 5.57. The van der Waals surface area contributed by atoms with E-state index in [4.69, 9.17) is 0 Å². The van der Waals surface area contributed by atoms with Crippen LogP contribution in [0.4, 0.5) is 5.69 Å². The zero-order valence-corrected chi connectivity index (χ0v) is 14.6. The van der Waals surface area contributed by atoms with Crippen LogP contribution in [0.3, 0.4) is 0 Å². The van der Waals surface area contributed by atoms with Gasteiger partial charge < -0.3 is 5.32 Å². The molecule has 4 nitrogen and oxygen atoms in total. The molecule has 108 valence electrons. The van der Waals surface area contributed by atoms with E-state index >= 15 is 0 Å². The molecule has 0 saturated heterocycles. The number of thioether (sulfide) groups is 1. The summed E-state index contributed by atoms with van der Waals surface area (Å²) >= 11 is 5.15. The van der Waals surface area contributed by atoms with E-state index in [-0.39, 0.29) is 10.3 Å². The summed E-state index contributed by atoms with van der Waals surface area (Å²) < 4.78 is 2.17. The minimum absolute atomic E-state index is 0.0827. The van der Waals surface area contributed by atoms with Crippen molar-refractivity contribution < 1.29 is 0 Å². The van der Waals surface area contributed by atoms with Crippen LogP contribution in [0.15, 0.2) is 15.5 Å². The van der Waals surface area contributed by atoms with Crippen LogP contribution in [-0.2, 0) is 6.54 Å². The van der Waals surface area contributed by atoms with Gasteiger partial charge in [-0.25, -0.2) is 4.68 Å². The lowest BCUT2D eigenvalue weighted by Gasteiger charge is -2.23. The molecular weight excluding hydrogens is 326 g/mol. The summed E-state index contributed by atoms with van der Waals surface area (Å²) in [5.41, 5.74) is 0.674. The molecule has 0 spiro atoms. The summed E-state index contributed by atoms with van der Waals surface area (Å²) in [6.45, 7) is 9.86. The number of halogens is 1. The van der Waals surface area contributed by atoms with Crippen LogP contribution < -0.4 is 10.9 Å². The third kappa shape index (κ3) is 4.84. The third-order valence-electron chi connectivity index (χ3n) is 2.78. The molecular formula is C13H22BrN3OS. The Morgan fingerprint density at radius 2 is 2.16 bits per heavy atom. The number of nitrogens with zero attached hydrogens (tertiary/aromatic N) is 2. The summed E-state index contributed by atoms with van der Waals surface area (Å²) in [5, 5.41) is 7.49. The summed E-state index contributed by atoms with van der Waals surface area (Å²) in [6, 6.07) is 0. The van der Waals surface area contributed by atoms with Gasteiger partial charge in [-0.1, -0.05) is 13.8 Å². The highest BCUT2D eigenvalue weighted by Crippen LogP contribution is 2.23. The van der Waals surface area contributed by atoms with Crippen LogP contribution in [0.5, 0.6) is 0 Å². The largest absolute Gasteiger partial charge is 0.381 e. The van der Waals surface area contributed by atoms with Crippen LogP contribution in [0.2, 0.25) is 0 Å². The monoisotopic (exact) mass is 347 g/mol. The zero-order chi connectivity index (χ0) is 14.6. The number of anilines is 1. The standard InChI is InChI=1S/C13H22BrN3OS/c1-9(2)7-17-12(18)11(14)10(6-16-17)15-8-13(3,4)19-5/h6,9,15H,7-8H2,1-5H3. The lowest BCUT2D eigenvalue weighted by molar-refractivity contribution is 0.462. The SMILES string of the molecule is CSC(C)(C)CNc1cnn(CC(C)C)c(=O)c1Br. The van der Waals surface area contributed by atoms with Gasteiger partial charge in [-0.05, 0) is 42.0 Å². The van der Waals surface area contributed by atoms with Crippen molar-refractivity contribution in [2.24, 2.45) is 5.92 Å². The fourth-order valence-corrected chi connectivity index (χ4v) is 2.11. The first-order valence-corrected chi connectivity index (χ1v) is 8.33. The van der Waals surface area contributed by atoms with Gasteiger partial charge in [0.15, 0.2) is 0 Å². The average molecular weight is 348 g/mol. The van der Waals surface area contributed by atoms with Gasteiger partial charge in [0.25, 0.3) is 5.56 Å². The Balaban J connectivity index is 2.88. The number of aromatic nitrogens is 2. The number of rotatable bonds is 6. The minimum Gasteiger partial charge on any atom is -0.381 e. The van der Waals surface area contributed by atoms with E-state index in [1.807, 2.05) is 0 Å². The zero-order valence-electron chi connectivity index (χ0n) is 12.2. The Morgan fingerprint density at radius 3 is 2.68 bits per heavy atom. The van der Waals surface area contributed by atoms with Crippen LogP contribution in [0, 0.1) is 5.92 Å². The molecule has 19 heavy (non-hydrogen) atoms. The Morgan fingerprint density at radius 1 is 1.53 bits per heavy atom. The summed E-state index contributed by atoms with van der Waals surface area (Å²) in [4.78, 5) is 12.1. The average Bonchev–Trinajstić information content (AvgIpc) is 2.34. The van der Waals surface area contributed by atoms with Crippen molar-refractivity contribution in [3.05, 3.63) is 21.0 Å². The summed E-state index contributed by atoms with van der Waals surface area (Å²) in [5.74, 6) is 0.395. The van der Waals surface area contributed by atoms with Gasteiger partial charge in [-0.3, -0.25) is 4.79 Å². The number of hydrogen-bond donors (Lipinski definition) is 1. The van der Waals surface area contributed by atoms with Crippen molar-refractivity contribution in [3.63, 3.8) is 0 Å². The first-order valence-electron chi connectivity index (χ1n) is 6.31. The molecule has 6 heteroatoms. The molecule has 0 radical (unpaired) electrons. The van der Waals surface area contributed by atoms with Gasteiger partial charge in [0.2, 0.25) is 0 Å². The van der Waals surface area contributed by atoms with Gasteiger partial charge in [0.05, 0.1) is 11.9 Å². The fraction of sp³-hybridized carbons (Fsp3) is 0.692. The second kappa shape index (κ2) is 6.79. The van der Waals surface area contributed by atoms with Crippen LogP contribution in [-0.4, -0.2) is 27.3 Å². The first kappa shape index (κ1) is 16.6. The van der Waals surface area contributed by atoms with Crippen molar-refractivity contribution in [2.45, 2.75) is 39.0 Å². The van der Waals surface area contributed by atoms with Gasteiger partial charge in [-0.2, -0.15) is 16.9 Å². The van der Waals surface area contributed by atoms with E-state index in [1.165, 1.54) is 4.68 Å². The third-order valence-corrected chi connectivity index (χ3v) is 4.80. The Kier molecular flexibility index (Phi) is 5.92.